The van der Waals surface area contributed by atoms with Crippen LogP contribution < -0.4 is 4.74 Å². The Bertz CT molecular complexity index is 987. The summed E-state index contributed by atoms with van der Waals surface area (Å²) in [6, 6.07) is 7.68. The van der Waals surface area contributed by atoms with E-state index in [4.69, 9.17) is 4.74 Å². The summed E-state index contributed by atoms with van der Waals surface area (Å²) in [5.74, 6) is 3.96. The van der Waals surface area contributed by atoms with Crippen LogP contribution in [0, 0.1) is 23.7 Å². The lowest BCUT2D eigenvalue weighted by atomic mass is 9.78. The van der Waals surface area contributed by atoms with E-state index in [1.54, 1.807) is 0 Å². The number of carbonyl (C=O) groups excluding carboxylic acids is 1. The van der Waals surface area contributed by atoms with Crippen molar-refractivity contribution in [3.05, 3.63) is 42.2 Å². The predicted molar refractivity (Wildman–Crippen MR) is 170 cm³/mol. The van der Waals surface area contributed by atoms with Gasteiger partial charge in [0.1, 0.15) is 5.75 Å². The molecule has 0 radical (unpaired) electrons. The van der Waals surface area contributed by atoms with Crippen LogP contribution in [0.5, 0.6) is 5.75 Å². The fourth-order valence-electron chi connectivity index (χ4n) is 7.09. The second kappa shape index (κ2) is 17.7. The molecule has 0 atom stereocenters. The van der Waals surface area contributed by atoms with Gasteiger partial charge < -0.3 is 4.74 Å². The van der Waals surface area contributed by atoms with Crippen LogP contribution >= 0.6 is 0 Å². The molecule has 4 rings (SSSR count). The van der Waals surface area contributed by atoms with E-state index in [0.717, 1.165) is 61.2 Å². The number of aromatic nitrogens is 2. The average Bonchev–Trinajstić information content (AvgIpc) is 3.02. The molecule has 41 heavy (non-hydrogen) atoms. The van der Waals surface area contributed by atoms with Crippen molar-refractivity contribution in [2.24, 2.45) is 23.7 Å². The number of carbonyl (C=O) groups is 1. The first-order valence-electron chi connectivity index (χ1n) is 17.3. The van der Waals surface area contributed by atoms with Crippen molar-refractivity contribution in [2.45, 2.75) is 142 Å². The Kier molecular flexibility index (Phi) is 13.7. The largest absolute Gasteiger partial charge is 0.426 e. The highest BCUT2D eigenvalue weighted by atomic mass is 16.5. The molecule has 0 aliphatic heterocycles. The summed E-state index contributed by atoms with van der Waals surface area (Å²) in [7, 11) is 0. The van der Waals surface area contributed by atoms with Gasteiger partial charge in [-0.2, -0.15) is 0 Å². The van der Waals surface area contributed by atoms with Crippen molar-refractivity contribution in [1.82, 2.24) is 9.97 Å². The highest BCUT2D eigenvalue weighted by Gasteiger charge is 2.27. The van der Waals surface area contributed by atoms with Crippen molar-refractivity contribution >= 4 is 5.97 Å². The first kappa shape index (κ1) is 31.7. The molecule has 2 saturated carbocycles. The van der Waals surface area contributed by atoms with Crippen LogP contribution in [-0.2, 0) is 11.2 Å². The van der Waals surface area contributed by atoms with Crippen LogP contribution in [0.3, 0.4) is 0 Å². The van der Waals surface area contributed by atoms with Gasteiger partial charge in [-0.15, -0.1) is 0 Å². The fraction of sp³-hybridized carbons (Fsp3) is 0.703. The fourth-order valence-corrected chi connectivity index (χ4v) is 7.09. The van der Waals surface area contributed by atoms with Gasteiger partial charge in [-0.05, 0) is 86.1 Å². The van der Waals surface area contributed by atoms with Gasteiger partial charge in [-0.25, -0.2) is 9.97 Å². The monoisotopic (exact) mass is 560 g/mol. The van der Waals surface area contributed by atoms with E-state index in [1.165, 1.54) is 102 Å². The maximum atomic E-state index is 12.7. The number of hydrogen-bond donors (Lipinski definition) is 0. The van der Waals surface area contributed by atoms with Crippen LogP contribution in [-0.4, -0.2) is 15.9 Å². The van der Waals surface area contributed by atoms with Crippen molar-refractivity contribution in [2.75, 3.05) is 0 Å². The Morgan fingerprint density at radius 1 is 0.683 bits per heavy atom. The summed E-state index contributed by atoms with van der Waals surface area (Å²) >= 11 is 0. The minimum absolute atomic E-state index is 0.0448. The van der Waals surface area contributed by atoms with E-state index >= 15 is 0 Å². The first-order valence-corrected chi connectivity index (χ1v) is 17.3. The molecule has 0 amide bonds. The molecular weight excluding hydrogens is 504 g/mol. The third-order valence-electron chi connectivity index (χ3n) is 9.96. The van der Waals surface area contributed by atoms with E-state index < -0.39 is 0 Å². The Hall–Kier alpha value is -2.23. The van der Waals surface area contributed by atoms with Crippen LogP contribution in [0.1, 0.15) is 141 Å². The van der Waals surface area contributed by atoms with Gasteiger partial charge in [0.2, 0.25) is 0 Å². The maximum absolute atomic E-state index is 12.7. The van der Waals surface area contributed by atoms with Gasteiger partial charge in [-0.1, -0.05) is 104 Å². The van der Waals surface area contributed by atoms with Gasteiger partial charge in [0.25, 0.3) is 0 Å². The summed E-state index contributed by atoms with van der Waals surface area (Å²) in [6.07, 6.45) is 30.0. The average molecular weight is 561 g/mol. The van der Waals surface area contributed by atoms with E-state index in [1.807, 2.05) is 36.7 Å². The zero-order chi connectivity index (χ0) is 28.7. The summed E-state index contributed by atoms with van der Waals surface area (Å²) in [5, 5.41) is 0. The molecule has 2 fully saturated rings. The predicted octanol–water partition coefficient (Wildman–Crippen LogP) is 10.5. The number of rotatable bonds is 16. The van der Waals surface area contributed by atoms with Crippen molar-refractivity contribution in [3.63, 3.8) is 0 Å². The lowest BCUT2D eigenvalue weighted by molar-refractivity contribution is -0.140. The Labute approximate surface area is 250 Å². The minimum atomic E-state index is -0.0683. The molecule has 1 aromatic heterocycles. The molecule has 0 saturated heterocycles. The lowest BCUT2D eigenvalue weighted by Gasteiger charge is -2.28. The molecule has 0 spiro atoms. The quantitative estimate of drug-likeness (QED) is 0.116. The van der Waals surface area contributed by atoms with Gasteiger partial charge in [0, 0.05) is 18.0 Å². The summed E-state index contributed by atoms with van der Waals surface area (Å²) in [6.45, 7) is 4.55. The number of nitrogens with zero attached hydrogens (tertiary/aromatic N) is 2. The molecular formula is C37H56N2O2. The van der Waals surface area contributed by atoms with E-state index in [2.05, 4.69) is 23.8 Å². The van der Waals surface area contributed by atoms with Crippen LogP contribution in [0.4, 0.5) is 0 Å². The topological polar surface area (TPSA) is 52.1 Å². The molecule has 1 heterocycles. The number of unbranched alkanes of at least 4 members (excludes halogenated alkanes) is 6. The summed E-state index contributed by atoms with van der Waals surface area (Å²) < 4.78 is 5.75. The van der Waals surface area contributed by atoms with Gasteiger partial charge in [0.15, 0.2) is 5.82 Å². The van der Waals surface area contributed by atoms with Crippen LogP contribution in [0.2, 0.25) is 0 Å². The minimum Gasteiger partial charge on any atom is -0.426 e. The Morgan fingerprint density at radius 3 is 1.80 bits per heavy atom. The number of hydrogen-bond acceptors (Lipinski definition) is 4. The number of aryl methyl sites for hydroxylation is 1. The maximum Gasteiger partial charge on any atom is 0.314 e. The molecule has 226 valence electrons. The molecule has 4 heteroatoms. The highest BCUT2D eigenvalue weighted by Crippen LogP contribution is 2.35. The first-order chi connectivity index (χ1) is 20.1. The molecule has 2 aliphatic carbocycles. The molecule has 1 aromatic carbocycles. The lowest BCUT2D eigenvalue weighted by Crippen LogP contribution is -2.25. The molecule has 0 unspecified atom stereocenters. The molecule has 4 nitrogen and oxygen atoms in total. The zero-order valence-electron chi connectivity index (χ0n) is 26.1. The van der Waals surface area contributed by atoms with E-state index in [9.17, 15) is 4.79 Å². The van der Waals surface area contributed by atoms with Crippen molar-refractivity contribution < 1.29 is 9.53 Å². The molecule has 2 aromatic rings. The number of benzene rings is 1. The summed E-state index contributed by atoms with van der Waals surface area (Å²) in [5.41, 5.74) is 2.19. The zero-order valence-corrected chi connectivity index (χ0v) is 26.1. The third-order valence-corrected chi connectivity index (χ3v) is 9.96. The van der Waals surface area contributed by atoms with Gasteiger partial charge in [-0.3, -0.25) is 4.79 Å². The van der Waals surface area contributed by atoms with Crippen LogP contribution in [0.25, 0.3) is 11.4 Å². The Balaban J connectivity index is 1.14. The normalized spacial score (nSPS) is 22.9. The van der Waals surface area contributed by atoms with Crippen LogP contribution in [0.15, 0.2) is 36.7 Å². The van der Waals surface area contributed by atoms with E-state index in [0.29, 0.717) is 5.75 Å². The molecule has 0 N–H and O–H groups in total. The smallest absolute Gasteiger partial charge is 0.314 e. The standard InChI is InChI=1S/C37H56N2O2/c1-3-5-7-8-10-12-29-13-15-31(16-14-29)17-18-32-27-38-36(39-28-32)33-23-25-35(26-24-33)41-37(40)34-21-19-30(20-22-34)11-9-6-4-2/h23-31,34H,3-22H2,1-2H3/t29-,30?,31-,34?. The van der Waals surface area contributed by atoms with Crippen molar-refractivity contribution in [1.29, 1.82) is 0 Å². The SMILES string of the molecule is CCCCCCC[C@H]1CC[C@H](CCc2cnc(-c3ccc(OC(=O)C4CCC(CCCCC)CC4)cc3)nc2)CC1. The van der Waals surface area contributed by atoms with Gasteiger partial charge in [0.05, 0.1) is 5.92 Å². The summed E-state index contributed by atoms with van der Waals surface area (Å²) in [4.78, 5) is 22.1. The third kappa shape index (κ3) is 10.8. The van der Waals surface area contributed by atoms with Gasteiger partial charge >= 0.3 is 5.97 Å². The number of ether oxygens (including phenoxy) is 1. The number of esters is 1. The highest BCUT2D eigenvalue weighted by molar-refractivity contribution is 5.75. The van der Waals surface area contributed by atoms with E-state index in [-0.39, 0.29) is 11.9 Å². The molecule has 2 aliphatic rings. The second-order valence-corrected chi connectivity index (χ2v) is 13.2. The van der Waals surface area contributed by atoms with Crippen molar-refractivity contribution in [3.8, 4) is 17.1 Å². The Morgan fingerprint density at radius 2 is 1.20 bits per heavy atom. The second-order valence-electron chi connectivity index (χ2n) is 13.2. The molecule has 0 bridgehead atoms.